The summed E-state index contributed by atoms with van der Waals surface area (Å²) in [6, 6.07) is -0.630. The number of ether oxygens (including phenoxy) is 1. The number of nitrogens with zero attached hydrogens (tertiary/aromatic N) is 3. The van der Waals surface area contributed by atoms with E-state index in [4.69, 9.17) is 27.2 Å². The Morgan fingerprint density at radius 3 is 2.81 bits per heavy atom. The van der Waals surface area contributed by atoms with Crippen molar-refractivity contribution in [1.82, 2.24) is 5.32 Å². The molecule has 146 valence electrons. The Kier molecular flexibility index (Phi) is 10.8. The van der Waals surface area contributed by atoms with Crippen LogP contribution in [0.5, 0.6) is 0 Å². The summed E-state index contributed by atoms with van der Waals surface area (Å²) in [5, 5.41) is 15.3. The molecule has 0 spiro atoms. The molecule has 2 unspecified atom stereocenters. The summed E-state index contributed by atoms with van der Waals surface area (Å²) in [4.78, 5) is 25.2. The summed E-state index contributed by atoms with van der Waals surface area (Å²) in [6.45, 7) is -0.129. The van der Waals surface area contributed by atoms with Crippen LogP contribution in [0, 0.1) is 0 Å². The van der Waals surface area contributed by atoms with Gasteiger partial charge in [-0.2, -0.15) is 0 Å². The normalized spacial score (nSPS) is 24.6. The number of hydrogen-bond donors (Lipinski definition) is 2. The van der Waals surface area contributed by atoms with Crippen molar-refractivity contribution in [3.8, 4) is 0 Å². The Balaban J connectivity index is 2.01. The van der Waals surface area contributed by atoms with Gasteiger partial charge >= 0.3 is 0 Å². The molecule has 1 rings (SSSR count). The van der Waals surface area contributed by atoms with E-state index in [2.05, 4.69) is 15.3 Å². The van der Waals surface area contributed by atoms with Crippen molar-refractivity contribution in [1.29, 1.82) is 0 Å². The van der Waals surface area contributed by atoms with Crippen molar-refractivity contribution in [2.75, 3.05) is 26.3 Å². The lowest BCUT2D eigenvalue weighted by molar-refractivity contribution is -0.228. The molecule has 1 aliphatic heterocycles. The highest BCUT2D eigenvalue weighted by Gasteiger charge is 2.32. The third kappa shape index (κ3) is 10.1. The minimum atomic E-state index is -4.46. The number of carbonyl (C=O) groups is 1. The molecule has 2 N–H and O–H groups in total. The first kappa shape index (κ1) is 22.9. The Morgan fingerprint density at radius 1 is 1.42 bits per heavy atom. The van der Waals surface area contributed by atoms with E-state index in [0.29, 0.717) is 25.8 Å². The zero-order valence-corrected chi connectivity index (χ0v) is 15.3. The van der Waals surface area contributed by atoms with E-state index in [9.17, 15) is 19.4 Å². The molecule has 4 atom stereocenters. The lowest BCUT2D eigenvalue weighted by Gasteiger charge is -2.25. The third-order valence-corrected chi connectivity index (χ3v) is 4.53. The number of aliphatic hydroxyl groups excluding tert-OH is 1. The van der Waals surface area contributed by atoms with Gasteiger partial charge in [0, 0.05) is 17.5 Å². The summed E-state index contributed by atoms with van der Waals surface area (Å²) in [5.74, 6) is -0.340. The van der Waals surface area contributed by atoms with Crippen molar-refractivity contribution in [2.45, 2.75) is 50.3 Å². The molecule has 13 heteroatoms. The van der Waals surface area contributed by atoms with Gasteiger partial charge in [-0.3, -0.25) is 9.36 Å². The van der Waals surface area contributed by atoms with Gasteiger partial charge in [0.1, 0.15) is 20.5 Å². The van der Waals surface area contributed by atoms with Gasteiger partial charge in [0.15, 0.2) is 0 Å². The van der Waals surface area contributed by atoms with Crippen LogP contribution in [0.1, 0.15) is 32.1 Å². The van der Waals surface area contributed by atoms with Crippen molar-refractivity contribution < 1.29 is 33.1 Å². The number of hydrogen-bond acceptors (Lipinski definition) is 8. The van der Waals surface area contributed by atoms with E-state index in [1.165, 1.54) is 0 Å². The standard InChI is InChI=1S/C13H24BN4O7P/c14-12-7-10(19)11(25-12)9-24-26(21,22)23-6-4-2-1-3-5-16-13(20)8-17-18-15/h10-12,19H,1-9H2,(H,16,20)(H,21,22)/p-1/t10?,11-,12-/m1/s1. The molecule has 1 saturated heterocycles. The van der Waals surface area contributed by atoms with Gasteiger partial charge in [-0.1, -0.05) is 18.0 Å². The van der Waals surface area contributed by atoms with Crippen molar-refractivity contribution in [3.63, 3.8) is 0 Å². The van der Waals surface area contributed by atoms with E-state index in [-0.39, 0.29) is 32.1 Å². The van der Waals surface area contributed by atoms with Crippen molar-refractivity contribution >= 4 is 21.6 Å². The second-order valence-electron chi connectivity index (χ2n) is 5.75. The van der Waals surface area contributed by atoms with Crippen LogP contribution in [0.3, 0.4) is 0 Å². The Labute approximate surface area is 153 Å². The van der Waals surface area contributed by atoms with E-state index in [1.807, 2.05) is 0 Å². The van der Waals surface area contributed by atoms with Crippen LogP contribution in [0.25, 0.3) is 10.4 Å². The molecule has 0 aromatic carbocycles. The van der Waals surface area contributed by atoms with Crippen LogP contribution in [0.15, 0.2) is 5.11 Å². The smallest absolute Gasteiger partial charge is 0.267 e. The summed E-state index contributed by atoms with van der Waals surface area (Å²) in [7, 11) is 1.03. The number of nitrogens with one attached hydrogen (secondary N) is 1. The molecule has 26 heavy (non-hydrogen) atoms. The average molecular weight is 389 g/mol. The highest BCUT2D eigenvalue weighted by molar-refractivity contribution is 7.45. The van der Waals surface area contributed by atoms with E-state index >= 15 is 0 Å². The number of aliphatic hydroxyl groups is 1. The van der Waals surface area contributed by atoms with Crippen LogP contribution in [-0.4, -0.2) is 63.4 Å². The maximum atomic E-state index is 11.6. The van der Waals surface area contributed by atoms with Crippen molar-refractivity contribution in [3.05, 3.63) is 10.4 Å². The molecule has 0 bridgehead atoms. The molecule has 1 aliphatic rings. The van der Waals surface area contributed by atoms with Crippen molar-refractivity contribution in [2.24, 2.45) is 5.11 Å². The maximum absolute atomic E-state index is 11.6. The van der Waals surface area contributed by atoms with Gasteiger partial charge in [0.2, 0.25) is 5.91 Å². The molecule has 1 amide bonds. The summed E-state index contributed by atoms with van der Waals surface area (Å²) in [5.41, 5.74) is 8.07. The number of amides is 1. The number of unbranched alkanes of at least 4 members (excludes halogenated alkanes) is 3. The minimum Gasteiger partial charge on any atom is -0.756 e. The number of rotatable bonds is 13. The fourth-order valence-corrected chi connectivity index (χ4v) is 3.01. The number of phosphoric ester groups is 1. The zero-order chi connectivity index (χ0) is 19.4. The Morgan fingerprint density at radius 2 is 2.15 bits per heavy atom. The maximum Gasteiger partial charge on any atom is 0.267 e. The van der Waals surface area contributed by atoms with E-state index < -0.39 is 26.0 Å². The molecule has 1 heterocycles. The van der Waals surface area contributed by atoms with Crippen LogP contribution >= 0.6 is 7.82 Å². The van der Waals surface area contributed by atoms with Gasteiger partial charge < -0.3 is 29.1 Å². The lowest BCUT2D eigenvalue weighted by Crippen LogP contribution is -2.27. The fraction of sp³-hybridized carbons (Fsp3) is 0.923. The second kappa shape index (κ2) is 12.3. The SMILES string of the molecule is [B][C@H]1CC(O)[C@@H](COP(=O)([O-])OCCCCCCNC(=O)CN=[N+]=[N-])O1. The summed E-state index contributed by atoms with van der Waals surface area (Å²) < 4.78 is 26.2. The molecule has 2 radical (unpaired) electrons. The van der Waals surface area contributed by atoms with Gasteiger partial charge in [-0.15, -0.1) is 0 Å². The van der Waals surface area contributed by atoms with Crippen LogP contribution in [-0.2, 0) is 23.1 Å². The Bertz CT molecular complexity index is 535. The third-order valence-electron chi connectivity index (χ3n) is 3.57. The zero-order valence-electron chi connectivity index (χ0n) is 14.4. The quantitative estimate of drug-likeness (QED) is 0.113. The predicted octanol–water partition coefficient (Wildman–Crippen LogP) is 0.119. The fourth-order valence-electron chi connectivity index (χ4n) is 2.25. The van der Waals surface area contributed by atoms with Gasteiger partial charge in [0.25, 0.3) is 7.82 Å². The minimum absolute atomic E-state index is 0.0163. The van der Waals surface area contributed by atoms with E-state index in [1.54, 1.807) is 0 Å². The molecule has 0 aromatic heterocycles. The van der Waals surface area contributed by atoms with Crippen LogP contribution < -0.4 is 10.2 Å². The monoisotopic (exact) mass is 389 g/mol. The largest absolute Gasteiger partial charge is 0.756 e. The van der Waals surface area contributed by atoms with Crippen LogP contribution in [0.4, 0.5) is 0 Å². The summed E-state index contributed by atoms with van der Waals surface area (Å²) in [6.07, 6.45) is 1.28. The molecule has 0 saturated carbocycles. The van der Waals surface area contributed by atoms with Crippen LogP contribution in [0.2, 0.25) is 0 Å². The lowest BCUT2D eigenvalue weighted by atomic mass is 9.96. The average Bonchev–Trinajstić information content (AvgIpc) is 2.91. The highest BCUT2D eigenvalue weighted by atomic mass is 31.2. The first-order chi connectivity index (χ1) is 12.3. The number of carbonyl (C=O) groups excluding carboxylic acids is 1. The summed E-state index contributed by atoms with van der Waals surface area (Å²) >= 11 is 0. The molecule has 1 fully saturated rings. The first-order valence-corrected chi connectivity index (χ1v) is 9.77. The number of azide groups is 1. The van der Waals surface area contributed by atoms with Gasteiger partial charge in [0.05, 0.1) is 19.3 Å². The van der Waals surface area contributed by atoms with Gasteiger partial charge in [-0.25, -0.2) is 0 Å². The highest BCUT2D eigenvalue weighted by Crippen LogP contribution is 2.39. The predicted molar refractivity (Wildman–Crippen MR) is 90.0 cm³/mol. The Hall–Kier alpha value is -1.13. The molecular formula is C13H23BN4O7P-. The van der Waals surface area contributed by atoms with E-state index in [0.717, 1.165) is 6.42 Å². The second-order valence-corrected chi connectivity index (χ2v) is 7.16. The first-order valence-electron chi connectivity index (χ1n) is 8.31. The molecular weight excluding hydrogens is 366 g/mol. The molecule has 0 aliphatic carbocycles. The van der Waals surface area contributed by atoms with Gasteiger partial charge in [-0.05, 0) is 24.8 Å². The molecule has 0 aromatic rings. The topological polar surface area (TPSA) is 166 Å². The molecule has 11 nitrogen and oxygen atoms in total. The number of phosphoric acid groups is 1.